The van der Waals surface area contributed by atoms with Crippen LogP contribution in [0.25, 0.3) is 0 Å². The van der Waals surface area contributed by atoms with Crippen LogP contribution in [0.4, 0.5) is 0 Å². The molecule has 5 unspecified atom stereocenters. The van der Waals surface area contributed by atoms with E-state index in [1.54, 1.807) is 0 Å². The molecule has 0 aliphatic rings. The molecule has 0 radical (unpaired) electrons. The molecule has 0 saturated carbocycles. The fraction of sp³-hybridized carbons (Fsp3) is 0.889. The summed E-state index contributed by atoms with van der Waals surface area (Å²) in [6.07, 6.45) is -8.72. The lowest BCUT2D eigenvalue weighted by Crippen LogP contribution is -2.51. The number of hydrogen-bond donors (Lipinski definition) is 5. The molecule has 0 aromatic heterocycles. The largest absolute Gasteiger partial charge is 0.464 e. The molecule has 0 bridgehead atoms. The summed E-state index contributed by atoms with van der Waals surface area (Å²) < 4.78 is 4.41. The smallest absolute Gasteiger partial charge is 0.337 e. The van der Waals surface area contributed by atoms with Crippen LogP contribution in [0.15, 0.2) is 0 Å². The van der Waals surface area contributed by atoms with Gasteiger partial charge in [0.05, 0.1) is 12.7 Å². The van der Waals surface area contributed by atoms with Gasteiger partial charge in [-0.05, 0) is 13.8 Å². The minimum absolute atomic E-state index is 0.0116. The van der Waals surface area contributed by atoms with Crippen molar-refractivity contribution < 1.29 is 35.1 Å². The van der Waals surface area contributed by atoms with Gasteiger partial charge < -0.3 is 30.3 Å². The number of aliphatic hydroxyl groups excluding tert-OH is 5. The van der Waals surface area contributed by atoms with Gasteiger partial charge in [-0.15, -0.1) is 0 Å². The van der Waals surface area contributed by atoms with Gasteiger partial charge in [-0.25, -0.2) is 4.79 Å². The topological polar surface area (TPSA) is 127 Å². The average molecular weight is 238 g/mol. The van der Waals surface area contributed by atoms with Gasteiger partial charge in [-0.1, -0.05) is 0 Å². The fourth-order valence-electron chi connectivity index (χ4n) is 1.04. The molecule has 16 heavy (non-hydrogen) atoms. The van der Waals surface area contributed by atoms with E-state index < -0.39 is 36.5 Å². The van der Waals surface area contributed by atoms with Gasteiger partial charge in [-0.2, -0.15) is 0 Å². The summed E-state index contributed by atoms with van der Waals surface area (Å²) in [6, 6.07) is 0. The molecule has 0 aliphatic carbocycles. The second-order valence-corrected chi connectivity index (χ2v) is 3.41. The van der Waals surface area contributed by atoms with Crippen LogP contribution in [-0.4, -0.2) is 68.6 Å². The van der Waals surface area contributed by atoms with Gasteiger partial charge in [-0.3, -0.25) is 0 Å². The van der Waals surface area contributed by atoms with E-state index in [0.717, 1.165) is 0 Å². The predicted molar refractivity (Wildman–Crippen MR) is 52.3 cm³/mol. The quantitative estimate of drug-likeness (QED) is 0.320. The Morgan fingerprint density at radius 1 is 1.06 bits per heavy atom. The number of hydrogen-bond acceptors (Lipinski definition) is 7. The molecular formula is C9H18O7. The summed E-state index contributed by atoms with van der Waals surface area (Å²) in [5.74, 6) is -1.10. The minimum atomic E-state index is -1.97. The zero-order chi connectivity index (χ0) is 12.9. The van der Waals surface area contributed by atoms with E-state index in [1.807, 2.05) is 0 Å². The van der Waals surface area contributed by atoms with Gasteiger partial charge in [0, 0.05) is 0 Å². The molecule has 96 valence electrons. The third kappa shape index (κ3) is 4.03. The summed E-state index contributed by atoms with van der Waals surface area (Å²) in [6.45, 7) is 2.72. The zero-order valence-corrected chi connectivity index (χ0v) is 9.15. The lowest BCUT2D eigenvalue weighted by Gasteiger charge is -2.26. The Balaban J connectivity index is 4.42. The van der Waals surface area contributed by atoms with Crippen LogP contribution in [0, 0.1) is 0 Å². The molecule has 0 fully saturated rings. The van der Waals surface area contributed by atoms with Crippen LogP contribution in [-0.2, 0) is 9.53 Å². The summed E-state index contributed by atoms with van der Waals surface area (Å²) in [7, 11) is 0. The number of carbonyl (C=O) groups excluding carboxylic acids is 1. The van der Waals surface area contributed by atoms with E-state index >= 15 is 0 Å². The van der Waals surface area contributed by atoms with Gasteiger partial charge in [0.1, 0.15) is 18.3 Å². The van der Waals surface area contributed by atoms with Crippen molar-refractivity contribution in [1.29, 1.82) is 0 Å². The Labute approximate surface area is 92.9 Å². The molecule has 0 aliphatic heterocycles. The van der Waals surface area contributed by atoms with E-state index in [9.17, 15) is 25.2 Å². The Kier molecular flexibility index (Phi) is 6.46. The van der Waals surface area contributed by atoms with E-state index in [-0.39, 0.29) is 6.61 Å². The van der Waals surface area contributed by atoms with Crippen molar-refractivity contribution in [2.24, 2.45) is 0 Å². The lowest BCUT2D eigenvalue weighted by atomic mass is 10.00. The second-order valence-electron chi connectivity index (χ2n) is 3.41. The maximum absolute atomic E-state index is 11.0. The Morgan fingerprint density at radius 2 is 1.56 bits per heavy atom. The number of aliphatic hydroxyl groups is 5. The average Bonchev–Trinajstić information content (AvgIpc) is 2.25. The molecule has 0 saturated heterocycles. The first kappa shape index (κ1) is 15.3. The number of carbonyl (C=O) groups is 1. The molecule has 0 aromatic carbocycles. The number of ether oxygens (including phenoxy) is 1. The highest BCUT2D eigenvalue weighted by molar-refractivity contribution is 5.75. The standard InChI is InChI=1S/C9H18O7/c1-3-16-9(15)8(14)7(13)6(12)5(11)4(2)10/h4-8,10-14H,3H2,1-2H3. The second kappa shape index (κ2) is 6.77. The van der Waals surface area contributed by atoms with Gasteiger partial charge in [0.15, 0.2) is 6.10 Å². The van der Waals surface area contributed by atoms with Gasteiger partial charge in [0.2, 0.25) is 0 Å². The summed E-state index contributed by atoms with van der Waals surface area (Å²) in [4.78, 5) is 11.0. The molecule has 0 spiro atoms. The van der Waals surface area contributed by atoms with Crippen molar-refractivity contribution in [3.05, 3.63) is 0 Å². The normalized spacial score (nSPS) is 20.7. The van der Waals surface area contributed by atoms with Crippen molar-refractivity contribution in [2.45, 2.75) is 44.4 Å². The highest BCUT2D eigenvalue weighted by Gasteiger charge is 2.36. The molecule has 5 N–H and O–H groups in total. The van der Waals surface area contributed by atoms with E-state index in [4.69, 9.17) is 5.11 Å². The van der Waals surface area contributed by atoms with Crippen LogP contribution in [0.2, 0.25) is 0 Å². The Morgan fingerprint density at radius 3 is 1.94 bits per heavy atom. The maximum Gasteiger partial charge on any atom is 0.337 e. The summed E-state index contributed by atoms with van der Waals surface area (Å²) in [5.41, 5.74) is 0. The predicted octanol–water partition coefficient (Wildman–Crippen LogP) is -2.63. The van der Waals surface area contributed by atoms with E-state index in [0.29, 0.717) is 0 Å². The molecule has 0 amide bonds. The van der Waals surface area contributed by atoms with E-state index in [2.05, 4.69) is 4.74 Å². The van der Waals surface area contributed by atoms with Crippen molar-refractivity contribution >= 4 is 5.97 Å². The first-order chi connectivity index (χ1) is 7.32. The summed E-state index contributed by atoms with van der Waals surface area (Å²) >= 11 is 0. The molecule has 0 rings (SSSR count). The van der Waals surface area contributed by atoms with Crippen LogP contribution in [0.1, 0.15) is 13.8 Å². The minimum Gasteiger partial charge on any atom is -0.464 e. The molecule has 7 heteroatoms. The SMILES string of the molecule is CCOC(=O)C(O)C(O)C(O)C(O)C(C)O. The molecule has 5 atom stereocenters. The van der Waals surface area contributed by atoms with Crippen molar-refractivity contribution in [2.75, 3.05) is 6.61 Å². The van der Waals surface area contributed by atoms with Gasteiger partial charge in [0.25, 0.3) is 0 Å². The Hall–Kier alpha value is -0.730. The summed E-state index contributed by atoms with van der Waals surface area (Å²) in [5, 5.41) is 46.0. The monoisotopic (exact) mass is 238 g/mol. The first-order valence-electron chi connectivity index (χ1n) is 4.89. The molecule has 0 heterocycles. The Bertz CT molecular complexity index is 218. The number of esters is 1. The van der Waals surface area contributed by atoms with Gasteiger partial charge >= 0.3 is 5.97 Å². The van der Waals surface area contributed by atoms with Crippen LogP contribution >= 0.6 is 0 Å². The molecule has 0 aromatic rings. The van der Waals surface area contributed by atoms with Crippen molar-refractivity contribution in [1.82, 2.24) is 0 Å². The first-order valence-corrected chi connectivity index (χ1v) is 4.89. The van der Waals surface area contributed by atoms with Crippen LogP contribution in [0.3, 0.4) is 0 Å². The van der Waals surface area contributed by atoms with Crippen molar-refractivity contribution in [3.63, 3.8) is 0 Å². The molecular weight excluding hydrogens is 220 g/mol. The highest BCUT2D eigenvalue weighted by Crippen LogP contribution is 2.09. The van der Waals surface area contributed by atoms with Crippen LogP contribution in [0.5, 0.6) is 0 Å². The zero-order valence-electron chi connectivity index (χ0n) is 9.15. The maximum atomic E-state index is 11.0. The van der Waals surface area contributed by atoms with Crippen LogP contribution < -0.4 is 0 Å². The highest BCUT2D eigenvalue weighted by atomic mass is 16.5. The third-order valence-electron chi connectivity index (χ3n) is 2.05. The van der Waals surface area contributed by atoms with E-state index in [1.165, 1.54) is 13.8 Å². The molecule has 7 nitrogen and oxygen atoms in total. The fourth-order valence-corrected chi connectivity index (χ4v) is 1.04. The third-order valence-corrected chi connectivity index (χ3v) is 2.05. The van der Waals surface area contributed by atoms with Crippen molar-refractivity contribution in [3.8, 4) is 0 Å². The number of rotatable bonds is 6. The lowest BCUT2D eigenvalue weighted by molar-refractivity contribution is -0.172.